The zero-order valence-electron chi connectivity index (χ0n) is 12.2. The Morgan fingerprint density at radius 2 is 2.15 bits per heavy atom. The number of rotatable bonds is 4. The zero-order chi connectivity index (χ0) is 13.8. The molecule has 1 fully saturated rings. The number of nitrogens with one attached hydrogen (secondary N) is 1. The molecule has 0 amide bonds. The molecule has 2 aromatic rings. The molecular formula is C17H23N3. The van der Waals surface area contributed by atoms with E-state index in [4.69, 9.17) is 0 Å². The number of pyridine rings is 1. The molecule has 3 heteroatoms. The van der Waals surface area contributed by atoms with Gasteiger partial charge in [-0.1, -0.05) is 30.7 Å². The van der Waals surface area contributed by atoms with E-state index in [1.54, 1.807) is 0 Å². The second-order valence-corrected chi connectivity index (χ2v) is 5.78. The molecule has 1 saturated heterocycles. The van der Waals surface area contributed by atoms with Crippen LogP contribution in [0.15, 0.2) is 36.7 Å². The Kier molecular flexibility index (Phi) is 4.28. The molecule has 1 aliphatic heterocycles. The third-order valence-electron chi connectivity index (χ3n) is 4.37. The second-order valence-electron chi connectivity index (χ2n) is 5.78. The minimum absolute atomic E-state index is 0.687. The van der Waals surface area contributed by atoms with Crippen molar-refractivity contribution in [3.8, 4) is 0 Å². The van der Waals surface area contributed by atoms with Crippen molar-refractivity contribution in [2.24, 2.45) is 0 Å². The molecule has 0 spiro atoms. The number of likely N-dealkylation sites (N-methyl/N-ethyl adjacent to an activating group) is 1. The number of likely N-dealkylation sites (tertiary alicyclic amines) is 1. The Morgan fingerprint density at radius 3 is 3.05 bits per heavy atom. The van der Waals surface area contributed by atoms with Crippen molar-refractivity contribution in [1.29, 1.82) is 0 Å². The summed E-state index contributed by atoms with van der Waals surface area (Å²) in [6, 6.07) is 9.16. The first-order valence-electron chi connectivity index (χ1n) is 7.57. The van der Waals surface area contributed by atoms with Gasteiger partial charge in [-0.05, 0) is 37.4 Å². The van der Waals surface area contributed by atoms with Gasteiger partial charge < -0.3 is 10.2 Å². The lowest BCUT2D eigenvalue weighted by atomic mass is 10.0. The van der Waals surface area contributed by atoms with Gasteiger partial charge in [0.15, 0.2) is 0 Å². The maximum Gasteiger partial charge on any atom is 0.0346 e. The zero-order valence-corrected chi connectivity index (χ0v) is 12.2. The largest absolute Gasteiger partial charge is 0.311 e. The molecule has 1 aliphatic rings. The standard InChI is InChI=1S/C17H23N3/c1-20-9-5-4-7-16(20)13-19-12-15-11-18-10-14-6-2-3-8-17(14)15/h2-3,6,8,10-11,16,19H,4-5,7,9,12-13H2,1H3. The van der Waals surface area contributed by atoms with Gasteiger partial charge in [-0.3, -0.25) is 4.98 Å². The first-order chi connectivity index (χ1) is 9.84. The number of nitrogens with zero attached hydrogens (tertiary/aromatic N) is 2. The fraction of sp³-hybridized carbons (Fsp3) is 0.471. The first kappa shape index (κ1) is 13.5. The highest BCUT2D eigenvalue weighted by Gasteiger charge is 2.18. The molecule has 1 atom stereocenters. The van der Waals surface area contributed by atoms with E-state index in [9.17, 15) is 0 Å². The van der Waals surface area contributed by atoms with Crippen molar-refractivity contribution in [3.05, 3.63) is 42.2 Å². The number of hydrogen-bond donors (Lipinski definition) is 1. The van der Waals surface area contributed by atoms with Crippen LogP contribution in [0.3, 0.4) is 0 Å². The van der Waals surface area contributed by atoms with E-state index in [0.29, 0.717) is 6.04 Å². The quantitative estimate of drug-likeness (QED) is 0.925. The van der Waals surface area contributed by atoms with Crippen LogP contribution in [0, 0.1) is 0 Å². The summed E-state index contributed by atoms with van der Waals surface area (Å²) in [6.07, 6.45) is 7.96. The summed E-state index contributed by atoms with van der Waals surface area (Å²) in [7, 11) is 2.24. The van der Waals surface area contributed by atoms with Gasteiger partial charge >= 0.3 is 0 Å². The lowest BCUT2D eigenvalue weighted by Crippen LogP contribution is -2.42. The smallest absolute Gasteiger partial charge is 0.0346 e. The van der Waals surface area contributed by atoms with Crippen molar-refractivity contribution in [2.45, 2.75) is 31.8 Å². The summed E-state index contributed by atoms with van der Waals surface area (Å²) in [4.78, 5) is 6.83. The fourth-order valence-electron chi connectivity index (χ4n) is 3.10. The van der Waals surface area contributed by atoms with Crippen LogP contribution in [0.1, 0.15) is 24.8 Å². The van der Waals surface area contributed by atoms with Gasteiger partial charge in [-0.25, -0.2) is 0 Å². The molecular weight excluding hydrogens is 246 g/mol. The number of benzene rings is 1. The van der Waals surface area contributed by atoms with E-state index >= 15 is 0 Å². The van der Waals surface area contributed by atoms with Gasteiger partial charge in [0.2, 0.25) is 0 Å². The van der Waals surface area contributed by atoms with Gasteiger partial charge in [0.25, 0.3) is 0 Å². The number of aromatic nitrogens is 1. The Bertz CT molecular complexity index is 562. The van der Waals surface area contributed by atoms with Gasteiger partial charge in [0, 0.05) is 36.9 Å². The lowest BCUT2D eigenvalue weighted by molar-refractivity contribution is 0.181. The summed E-state index contributed by atoms with van der Waals surface area (Å²) in [5.74, 6) is 0. The molecule has 1 aromatic heterocycles. The van der Waals surface area contributed by atoms with E-state index in [0.717, 1.165) is 13.1 Å². The second kappa shape index (κ2) is 6.33. The maximum absolute atomic E-state index is 4.34. The van der Waals surface area contributed by atoms with Crippen molar-refractivity contribution in [3.63, 3.8) is 0 Å². The SMILES string of the molecule is CN1CCCCC1CNCc1cncc2ccccc12. The van der Waals surface area contributed by atoms with Crippen LogP contribution in [-0.4, -0.2) is 36.1 Å². The van der Waals surface area contributed by atoms with Gasteiger partial charge in [0.1, 0.15) is 0 Å². The summed E-state index contributed by atoms with van der Waals surface area (Å²) >= 11 is 0. The molecule has 0 bridgehead atoms. The lowest BCUT2D eigenvalue weighted by Gasteiger charge is -2.32. The van der Waals surface area contributed by atoms with Crippen LogP contribution < -0.4 is 5.32 Å². The first-order valence-corrected chi connectivity index (χ1v) is 7.57. The molecule has 0 aliphatic carbocycles. The Morgan fingerprint density at radius 1 is 1.25 bits per heavy atom. The maximum atomic E-state index is 4.34. The van der Waals surface area contributed by atoms with Crippen molar-refractivity contribution in [1.82, 2.24) is 15.2 Å². The van der Waals surface area contributed by atoms with Crippen molar-refractivity contribution < 1.29 is 0 Å². The van der Waals surface area contributed by atoms with Crippen LogP contribution in [0.4, 0.5) is 0 Å². The van der Waals surface area contributed by atoms with Gasteiger partial charge in [0.05, 0.1) is 0 Å². The van der Waals surface area contributed by atoms with Gasteiger partial charge in [-0.2, -0.15) is 0 Å². The highest BCUT2D eigenvalue weighted by molar-refractivity contribution is 5.84. The molecule has 106 valence electrons. The Hall–Kier alpha value is -1.45. The van der Waals surface area contributed by atoms with E-state index in [1.165, 1.54) is 42.1 Å². The monoisotopic (exact) mass is 269 g/mol. The minimum Gasteiger partial charge on any atom is -0.311 e. The highest BCUT2D eigenvalue weighted by Crippen LogP contribution is 2.17. The van der Waals surface area contributed by atoms with Gasteiger partial charge in [-0.15, -0.1) is 0 Å². The molecule has 3 nitrogen and oxygen atoms in total. The van der Waals surface area contributed by atoms with E-state index in [2.05, 4.69) is 46.5 Å². The average Bonchev–Trinajstić information content (AvgIpc) is 2.49. The van der Waals surface area contributed by atoms with Crippen LogP contribution in [0.25, 0.3) is 10.8 Å². The van der Waals surface area contributed by atoms with Crippen LogP contribution in [-0.2, 0) is 6.54 Å². The number of piperidine rings is 1. The molecule has 2 heterocycles. The summed E-state index contributed by atoms with van der Waals surface area (Å²) < 4.78 is 0. The van der Waals surface area contributed by atoms with Crippen molar-refractivity contribution in [2.75, 3.05) is 20.1 Å². The van der Waals surface area contributed by atoms with E-state index in [1.807, 2.05) is 12.4 Å². The Balaban J connectivity index is 1.62. The van der Waals surface area contributed by atoms with E-state index < -0.39 is 0 Å². The Labute approximate surface area is 121 Å². The van der Waals surface area contributed by atoms with Crippen molar-refractivity contribution >= 4 is 10.8 Å². The molecule has 0 saturated carbocycles. The predicted molar refractivity (Wildman–Crippen MR) is 83.7 cm³/mol. The normalized spacial score (nSPS) is 20.4. The van der Waals surface area contributed by atoms with E-state index in [-0.39, 0.29) is 0 Å². The highest BCUT2D eigenvalue weighted by atomic mass is 15.2. The fourth-order valence-corrected chi connectivity index (χ4v) is 3.10. The molecule has 0 radical (unpaired) electrons. The third kappa shape index (κ3) is 3.00. The third-order valence-corrected chi connectivity index (χ3v) is 4.37. The summed E-state index contributed by atoms with van der Waals surface area (Å²) in [5.41, 5.74) is 1.29. The minimum atomic E-state index is 0.687. The number of hydrogen-bond acceptors (Lipinski definition) is 3. The average molecular weight is 269 g/mol. The molecule has 3 rings (SSSR count). The molecule has 1 N–H and O–H groups in total. The topological polar surface area (TPSA) is 28.2 Å². The molecule has 1 unspecified atom stereocenters. The predicted octanol–water partition coefficient (Wildman–Crippen LogP) is 2.81. The summed E-state index contributed by atoms with van der Waals surface area (Å²) in [5, 5.41) is 6.15. The van der Waals surface area contributed by atoms with Crippen LogP contribution >= 0.6 is 0 Å². The molecule has 1 aromatic carbocycles. The number of fused-ring (bicyclic) bond motifs is 1. The summed E-state index contributed by atoms with van der Waals surface area (Å²) in [6.45, 7) is 3.21. The molecule has 20 heavy (non-hydrogen) atoms. The van der Waals surface area contributed by atoms with Crippen LogP contribution in [0.2, 0.25) is 0 Å². The van der Waals surface area contributed by atoms with Crippen LogP contribution in [0.5, 0.6) is 0 Å².